The largest absolute Gasteiger partial charge is 0.489 e. The van der Waals surface area contributed by atoms with Crippen LogP contribution in [-0.4, -0.2) is 35.8 Å². The average molecular weight is 302 g/mol. The predicted octanol–water partition coefficient (Wildman–Crippen LogP) is 2.76. The Hall–Kier alpha value is -2.30. The number of para-hydroxylation sites is 1. The van der Waals surface area contributed by atoms with Gasteiger partial charge in [-0.15, -0.1) is 0 Å². The summed E-state index contributed by atoms with van der Waals surface area (Å²) in [6.07, 6.45) is 1.76. The van der Waals surface area contributed by atoms with Crippen molar-refractivity contribution < 1.29 is 14.4 Å². The monoisotopic (exact) mass is 302 g/mol. The second kappa shape index (κ2) is 7.64. The van der Waals surface area contributed by atoms with Crippen LogP contribution in [0.2, 0.25) is 0 Å². The fourth-order valence-corrected chi connectivity index (χ4v) is 2.31. The topological polar surface area (TPSA) is 51.1 Å². The number of nitrogens with zero attached hydrogens (tertiary/aromatic N) is 2. The molecule has 0 aromatic heterocycles. The molecular formula is C17H22N2O3. The molecule has 0 saturated carbocycles. The van der Waals surface area contributed by atoms with E-state index in [1.165, 1.54) is 0 Å². The lowest BCUT2D eigenvalue weighted by Gasteiger charge is -2.24. The summed E-state index contributed by atoms with van der Waals surface area (Å²) in [5.74, 6) is 0.732. The van der Waals surface area contributed by atoms with Crippen molar-refractivity contribution in [2.75, 3.05) is 13.2 Å². The maximum atomic E-state index is 12.5. The average Bonchev–Trinajstić information content (AvgIpc) is 2.97. The van der Waals surface area contributed by atoms with Gasteiger partial charge in [-0.25, -0.2) is 0 Å². The van der Waals surface area contributed by atoms with E-state index in [1.807, 2.05) is 38.1 Å². The van der Waals surface area contributed by atoms with Crippen molar-refractivity contribution in [3.8, 4) is 5.75 Å². The molecule has 0 radical (unpaired) electrons. The summed E-state index contributed by atoms with van der Waals surface area (Å²) in [6, 6.07) is 7.72. The molecule has 2 rings (SSSR count). The van der Waals surface area contributed by atoms with E-state index < -0.39 is 6.10 Å². The predicted molar refractivity (Wildman–Crippen MR) is 85.8 cm³/mol. The van der Waals surface area contributed by atoms with Crippen LogP contribution in [0, 0.1) is 0 Å². The van der Waals surface area contributed by atoms with Crippen molar-refractivity contribution in [3.05, 3.63) is 42.5 Å². The lowest BCUT2D eigenvalue weighted by molar-refractivity contribution is -0.142. The number of ether oxygens (including phenoxy) is 1. The molecule has 1 heterocycles. The number of rotatable bonds is 7. The lowest BCUT2D eigenvalue weighted by atomic mass is 10.1. The van der Waals surface area contributed by atoms with Crippen molar-refractivity contribution in [1.29, 1.82) is 0 Å². The van der Waals surface area contributed by atoms with Crippen molar-refractivity contribution >= 4 is 11.6 Å². The maximum Gasteiger partial charge on any atom is 0.267 e. The fourth-order valence-electron chi connectivity index (χ4n) is 2.31. The summed E-state index contributed by atoms with van der Waals surface area (Å²) in [7, 11) is 0. The Morgan fingerprint density at radius 2 is 2.32 bits per heavy atom. The van der Waals surface area contributed by atoms with Gasteiger partial charge in [0.15, 0.2) is 0 Å². The SMILES string of the molecule is C=CCOc1ccccc1CN(CC)C(=O)[C@@H]1CC(C)=NO1. The summed E-state index contributed by atoms with van der Waals surface area (Å²) in [4.78, 5) is 19.5. The normalized spacial score (nSPS) is 16.6. The highest BCUT2D eigenvalue weighted by Gasteiger charge is 2.30. The molecule has 1 amide bonds. The smallest absolute Gasteiger partial charge is 0.267 e. The Morgan fingerprint density at radius 3 is 2.95 bits per heavy atom. The van der Waals surface area contributed by atoms with Crippen LogP contribution in [-0.2, 0) is 16.2 Å². The molecule has 0 N–H and O–H groups in total. The van der Waals surface area contributed by atoms with Crippen LogP contribution in [0.4, 0.5) is 0 Å². The summed E-state index contributed by atoms with van der Waals surface area (Å²) >= 11 is 0. The van der Waals surface area contributed by atoms with E-state index in [-0.39, 0.29) is 5.91 Å². The summed E-state index contributed by atoms with van der Waals surface area (Å²) in [5.41, 5.74) is 1.82. The number of carbonyl (C=O) groups excluding carboxylic acids is 1. The van der Waals surface area contributed by atoms with Crippen LogP contribution in [0.1, 0.15) is 25.8 Å². The van der Waals surface area contributed by atoms with E-state index in [9.17, 15) is 4.79 Å². The molecule has 0 fully saturated rings. The third-order valence-electron chi connectivity index (χ3n) is 3.48. The second-order valence-corrected chi connectivity index (χ2v) is 5.18. The molecule has 1 aromatic carbocycles. The summed E-state index contributed by atoms with van der Waals surface area (Å²) in [6.45, 7) is 9.00. The number of likely N-dealkylation sites (N-methyl/N-ethyl adjacent to an activating group) is 1. The Morgan fingerprint density at radius 1 is 1.55 bits per heavy atom. The molecule has 1 aromatic rings. The molecule has 118 valence electrons. The van der Waals surface area contributed by atoms with Crippen LogP contribution in [0.3, 0.4) is 0 Å². The first-order chi connectivity index (χ1) is 10.7. The van der Waals surface area contributed by atoms with Crippen molar-refractivity contribution in [3.63, 3.8) is 0 Å². The van der Waals surface area contributed by atoms with Crippen LogP contribution < -0.4 is 4.74 Å². The maximum absolute atomic E-state index is 12.5. The van der Waals surface area contributed by atoms with Crippen molar-refractivity contribution in [2.45, 2.75) is 32.9 Å². The second-order valence-electron chi connectivity index (χ2n) is 5.18. The minimum atomic E-state index is -0.499. The van der Waals surface area contributed by atoms with E-state index in [0.717, 1.165) is 17.0 Å². The first-order valence-corrected chi connectivity index (χ1v) is 7.45. The zero-order chi connectivity index (χ0) is 15.9. The minimum absolute atomic E-state index is 0.0402. The van der Waals surface area contributed by atoms with Crippen LogP contribution in [0.25, 0.3) is 0 Å². The minimum Gasteiger partial charge on any atom is -0.489 e. The van der Waals surface area contributed by atoms with Crippen molar-refractivity contribution in [1.82, 2.24) is 4.90 Å². The molecule has 1 aliphatic rings. The van der Waals surface area contributed by atoms with Gasteiger partial charge in [0.2, 0.25) is 6.10 Å². The quantitative estimate of drug-likeness (QED) is 0.728. The van der Waals surface area contributed by atoms with Gasteiger partial charge < -0.3 is 14.5 Å². The number of hydrogen-bond donors (Lipinski definition) is 0. The zero-order valence-corrected chi connectivity index (χ0v) is 13.1. The van der Waals surface area contributed by atoms with E-state index in [4.69, 9.17) is 9.57 Å². The van der Waals surface area contributed by atoms with Gasteiger partial charge in [0.05, 0.1) is 5.71 Å². The summed E-state index contributed by atoms with van der Waals surface area (Å²) in [5, 5.41) is 3.85. The van der Waals surface area contributed by atoms with Gasteiger partial charge in [0.1, 0.15) is 12.4 Å². The standard InChI is InChI=1S/C17H22N2O3/c1-4-10-21-15-9-7-6-8-14(15)12-19(5-2)17(20)16-11-13(3)18-22-16/h4,6-9,16H,1,5,10-12H2,2-3H3/t16-/m0/s1. The van der Waals surface area contributed by atoms with Gasteiger partial charge in [-0.1, -0.05) is 36.0 Å². The molecule has 5 heteroatoms. The zero-order valence-electron chi connectivity index (χ0n) is 13.1. The highest BCUT2D eigenvalue weighted by molar-refractivity contribution is 5.91. The molecule has 0 aliphatic carbocycles. The van der Waals surface area contributed by atoms with E-state index in [2.05, 4.69) is 11.7 Å². The molecule has 0 bridgehead atoms. The summed E-state index contributed by atoms with van der Waals surface area (Å²) < 4.78 is 5.64. The van der Waals surface area contributed by atoms with E-state index >= 15 is 0 Å². The van der Waals surface area contributed by atoms with Crippen LogP contribution in [0.15, 0.2) is 42.1 Å². The Labute approximate surface area is 131 Å². The first kappa shape index (κ1) is 16.1. The number of amides is 1. The lowest BCUT2D eigenvalue weighted by Crippen LogP contribution is -2.38. The number of oxime groups is 1. The molecular weight excluding hydrogens is 280 g/mol. The van der Waals surface area contributed by atoms with Crippen LogP contribution in [0.5, 0.6) is 5.75 Å². The van der Waals surface area contributed by atoms with Gasteiger partial charge in [-0.3, -0.25) is 4.79 Å². The van der Waals surface area contributed by atoms with Gasteiger partial charge in [-0.2, -0.15) is 0 Å². The fraction of sp³-hybridized carbons (Fsp3) is 0.412. The Bertz CT molecular complexity index is 569. The third kappa shape index (κ3) is 3.87. The molecule has 0 unspecified atom stereocenters. The molecule has 22 heavy (non-hydrogen) atoms. The number of benzene rings is 1. The van der Waals surface area contributed by atoms with E-state index in [1.54, 1.807) is 11.0 Å². The third-order valence-corrected chi connectivity index (χ3v) is 3.48. The van der Waals surface area contributed by atoms with Crippen molar-refractivity contribution in [2.24, 2.45) is 5.16 Å². The van der Waals surface area contributed by atoms with Gasteiger partial charge >= 0.3 is 0 Å². The van der Waals surface area contributed by atoms with Crippen LogP contribution >= 0.6 is 0 Å². The molecule has 1 aliphatic heterocycles. The van der Waals surface area contributed by atoms with E-state index in [0.29, 0.717) is 26.1 Å². The first-order valence-electron chi connectivity index (χ1n) is 7.45. The number of carbonyl (C=O) groups is 1. The van der Waals surface area contributed by atoms with Gasteiger partial charge in [0, 0.05) is 25.1 Å². The molecule has 0 saturated heterocycles. The Balaban J connectivity index is 2.06. The molecule has 0 spiro atoms. The highest BCUT2D eigenvalue weighted by atomic mass is 16.6. The molecule has 5 nitrogen and oxygen atoms in total. The van der Waals surface area contributed by atoms with Gasteiger partial charge in [-0.05, 0) is 19.9 Å². The number of hydrogen-bond acceptors (Lipinski definition) is 4. The van der Waals surface area contributed by atoms with Gasteiger partial charge in [0.25, 0.3) is 5.91 Å². The molecule has 1 atom stereocenters. The Kier molecular flexibility index (Phi) is 5.58. The highest BCUT2D eigenvalue weighted by Crippen LogP contribution is 2.21.